The Hall–Kier alpha value is -3.06. The van der Waals surface area contributed by atoms with Crippen molar-refractivity contribution in [1.29, 1.82) is 0 Å². The number of rotatable bonds is 5. The molecule has 1 heterocycles. The minimum atomic E-state index is -0.395. The molecular formula is C21H20N2O4S. The van der Waals surface area contributed by atoms with Crippen LogP contribution in [0.25, 0.3) is 6.08 Å². The molecule has 0 saturated carbocycles. The second-order valence-electron chi connectivity index (χ2n) is 6.02. The molecule has 2 amide bonds. The summed E-state index contributed by atoms with van der Waals surface area (Å²) in [5.41, 5.74) is 2.58. The zero-order valence-corrected chi connectivity index (χ0v) is 16.2. The molecule has 0 aromatic heterocycles. The van der Waals surface area contributed by atoms with Crippen LogP contribution in [0.5, 0.6) is 0 Å². The Kier molecular flexibility index (Phi) is 6.49. The van der Waals surface area contributed by atoms with Crippen molar-refractivity contribution < 1.29 is 19.1 Å². The van der Waals surface area contributed by atoms with Gasteiger partial charge in [-0.1, -0.05) is 12.1 Å². The quantitative estimate of drug-likeness (QED) is 0.591. The summed E-state index contributed by atoms with van der Waals surface area (Å²) in [4.78, 5) is 36.6. The first-order valence-corrected chi connectivity index (χ1v) is 9.86. The van der Waals surface area contributed by atoms with Crippen molar-refractivity contribution >= 4 is 47.0 Å². The summed E-state index contributed by atoms with van der Waals surface area (Å²) in [7, 11) is 0. The standard InChI is InChI=1S/C21H20N2O4S/c1-2-27-20(25)10-5-14-3-7-16(8-4-14)22-21(26)15-6-9-18-17(13-15)23-19(24)11-12-28-18/h3-10,13H,2,11-12H2,1H3,(H,22,26)(H,23,24)/b10-5+. The Labute approximate surface area is 167 Å². The molecule has 0 atom stereocenters. The van der Waals surface area contributed by atoms with Crippen LogP contribution in [0, 0.1) is 0 Å². The van der Waals surface area contributed by atoms with E-state index in [1.807, 2.05) is 6.07 Å². The van der Waals surface area contributed by atoms with Crippen LogP contribution >= 0.6 is 11.8 Å². The van der Waals surface area contributed by atoms with E-state index < -0.39 is 5.97 Å². The number of carbonyl (C=O) groups is 3. The summed E-state index contributed by atoms with van der Waals surface area (Å²) in [6.07, 6.45) is 3.47. The van der Waals surface area contributed by atoms with Crippen LogP contribution in [0.3, 0.4) is 0 Å². The molecule has 144 valence electrons. The average Bonchev–Trinajstić information content (AvgIpc) is 2.87. The molecule has 0 bridgehead atoms. The van der Waals surface area contributed by atoms with E-state index in [0.717, 1.165) is 16.2 Å². The third-order valence-corrected chi connectivity index (χ3v) is 5.04. The van der Waals surface area contributed by atoms with E-state index in [-0.39, 0.29) is 11.8 Å². The lowest BCUT2D eigenvalue weighted by Gasteiger charge is -2.10. The number of carbonyl (C=O) groups excluding carboxylic acids is 3. The summed E-state index contributed by atoms with van der Waals surface area (Å²) >= 11 is 1.59. The molecule has 0 fully saturated rings. The van der Waals surface area contributed by atoms with Gasteiger partial charge in [-0.05, 0) is 48.9 Å². The van der Waals surface area contributed by atoms with E-state index >= 15 is 0 Å². The summed E-state index contributed by atoms with van der Waals surface area (Å²) in [5.74, 6) is 0.0196. The number of nitrogens with one attached hydrogen (secondary N) is 2. The number of hydrogen-bond acceptors (Lipinski definition) is 5. The van der Waals surface area contributed by atoms with E-state index in [4.69, 9.17) is 4.74 Å². The molecule has 6 nitrogen and oxygen atoms in total. The number of amides is 2. The maximum absolute atomic E-state index is 12.5. The van der Waals surface area contributed by atoms with Crippen molar-refractivity contribution in [3.63, 3.8) is 0 Å². The summed E-state index contributed by atoms with van der Waals surface area (Å²) < 4.78 is 4.83. The molecule has 0 aliphatic carbocycles. The monoisotopic (exact) mass is 396 g/mol. The number of thioether (sulfide) groups is 1. The normalized spacial score (nSPS) is 13.4. The van der Waals surface area contributed by atoms with Crippen LogP contribution in [0.1, 0.15) is 29.3 Å². The van der Waals surface area contributed by atoms with E-state index in [1.165, 1.54) is 6.08 Å². The minimum Gasteiger partial charge on any atom is -0.463 e. The van der Waals surface area contributed by atoms with Crippen LogP contribution in [0.2, 0.25) is 0 Å². The Morgan fingerprint density at radius 1 is 1.21 bits per heavy atom. The molecule has 28 heavy (non-hydrogen) atoms. The maximum atomic E-state index is 12.5. The van der Waals surface area contributed by atoms with Gasteiger partial charge in [0.25, 0.3) is 5.91 Å². The van der Waals surface area contributed by atoms with E-state index in [1.54, 1.807) is 61.2 Å². The van der Waals surface area contributed by atoms with Gasteiger partial charge in [0.15, 0.2) is 0 Å². The fourth-order valence-corrected chi connectivity index (χ4v) is 3.53. The van der Waals surface area contributed by atoms with Gasteiger partial charge in [0.2, 0.25) is 5.91 Å². The zero-order valence-electron chi connectivity index (χ0n) is 15.4. The Bertz CT molecular complexity index is 923. The van der Waals surface area contributed by atoms with Crippen LogP contribution in [0.4, 0.5) is 11.4 Å². The number of ether oxygens (including phenoxy) is 1. The van der Waals surface area contributed by atoms with Crippen molar-refractivity contribution in [3.05, 3.63) is 59.7 Å². The fourth-order valence-electron chi connectivity index (χ4n) is 2.60. The smallest absolute Gasteiger partial charge is 0.330 e. The highest BCUT2D eigenvalue weighted by Gasteiger charge is 2.15. The zero-order chi connectivity index (χ0) is 19.9. The van der Waals surface area contributed by atoms with E-state index in [2.05, 4.69) is 10.6 Å². The van der Waals surface area contributed by atoms with Crippen molar-refractivity contribution in [3.8, 4) is 0 Å². The Morgan fingerprint density at radius 2 is 2.00 bits per heavy atom. The topological polar surface area (TPSA) is 84.5 Å². The molecule has 1 aliphatic rings. The highest BCUT2D eigenvalue weighted by molar-refractivity contribution is 7.99. The summed E-state index contributed by atoms with van der Waals surface area (Å²) in [6, 6.07) is 12.4. The van der Waals surface area contributed by atoms with Crippen molar-refractivity contribution in [1.82, 2.24) is 0 Å². The Morgan fingerprint density at radius 3 is 2.75 bits per heavy atom. The van der Waals surface area contributed by atoms with Gasteiger partial charge in [0.1, 0.15) is 0 Å². The van der Waals surface area contributed by atoms with Crippen LogP contribution < -0.4 is 10.6 Å². The first-order valence-electron chi connectivity index (χ1n) is 8.88. The SMILES string of the molecule is CCOC(=O)/C=C/c1ccc(NC(=O)c2ccc3c(c2)NC(=O)CCS3)cc1. The van der Waals surface area contributed by atoms with Gasteiger partial charge in [0.05, 0.1) is 12.3 Å². The molecule has 2 aromatic carbocycles. The number of hydrogen-bond donors (Lipinski definition) is 2. The van der Waals surface area contributed by atoms with Crippen molar-refractivity contribution in [2.24, 2.45) is 0 Å². The molecule has 0 unspecified atom stereocenters. The fraction of sp³-hybridized carbons (Fsp3) is 0.190. The molecule has 7 heteroatoms. The first kappa shape index (κ1) is 19.7. The second kappa shape index (κ2) is 9.23. The van der Waals surface area contributed by atoms with Gasteiger partial charge in [-0.15, -0.1) is 11.8 Å². The molecule has 0 radical (unpaired) electrons. The number of anilines is 2. The first-order chi connectivity index (χ1) is 13.5. The van der Waals surface area contributed by atoms with Crippen LogP contribution in [-0.4, -0.2) is 30.1 Å². The minimum absolute atomic E-state index is 0.0460. The van der Waals surface area contributed by atoms with Gasteiger partial charge >= 0.3 is 5.97 Å². The van der Waals surface area contributed by atoms with Gasteiger partial charge < -0.3 is 15.4 Å². The third kappa shape index (κ3) is 5.23. The predicted octanol–water partition coefficient (Wildman–Crippen LogP) is 3.95. The molecular weight excluding hydrogens is 376 g/mol. The van der Waals surface area contributed by atoms with Gasteiger partial charge in [0, 0.05) is 34.4 Å². The second-order valence-corrected chi connectivity index (χ2v) is 7.16. The predicted molar refractivity (Wildman–Crippen MR) is 110 cm³/mol. The van der Waals surface area contributed by atoms with Gasteiger partial charge in [-0.25, -0.2) is 4.79 Å². The van der Waals surface area contributed by atoms with Crippen LogP contribution in [0.15, 0.2) is 53.4 Å². The highest BCUT2D eigenvalue weighted by Crippen LogP contribution is 2.31. The molecule has 0 saturated heterocycles. The van der Waals surface area contributed by atoms with E-state index in [0.29, 0.717) is 30.0 Å². The van der Waals surface area contributed by atoms with Crippen LogP contribution in [-0.2, 0) is 14.3 Å². The highest BCUT2D eigenvalue weighted by atomic mass is 32.2. The molecule has 2 N–H and O–H groups in total. The Balaban J connectivity index is 1.66. The largest absolute Gasteiger partial charge is 0.463 e. The lowest BCUT2D eigenvalue weighted by atomic mass is 10.1. The number of benzene rings is 2. The molecule has 2 aromatic rings. The lowest BCUT2D eigenvalue weighted by Crippen LogP contribution is -2.14. The third-order valence-electron chi connectivity index (χ3n) is 3.97. The maximum Gasteiger partial charge on any atom is 0.330 e. The molecule has 0 spiro atoms. The lowest BCUT2D eigenvalue weighted by molar-refractivity contribution is -0.137. The molecule has 1 aliphatic heterocycles. The van der Waals surface area contributed by atoms with Crippen molar-refractivity contribution in [2.75, 3.05) is 23.0 Å². The van der Waals surface area contributed by atoms with E-state index in [9.17, 15) is 14.4 Å². The van der Waals surface area contributed by atoms with Crippen molar-refractivity contribution in [2.45, 2.75) is 18.2 Å². The summed E-state index contributed by atoms with van der Waals surface area (Å²) in [5, 5.41) is 5.67. The van der Waals surface area contributed by atoms with Gasteiger partial charge in [-0.3, -0.25) is 9.59 Å². The average molecular weight is 396 g/mol. The molecule has 3 rings (SSSR count). The number of esters is 1. The number of fused-ring (bicyclic) bond motifs is 1. The summed E-state index contributed by atoms with van der Waals surface area (Å²) in [6.45, 7) is 2.08. The van der Waals surface area contributed by atoms with Gasteiger partial charge in [-0.2, -0.15) is 0 Å².